The van der Waals surface area contributed by atoms with Crippen molar-refractivity contribution in [3.8, 4) is 0 Å². The molecule has 0 spiro atoms. The predicted molar refractivity (Wildman–Crippen MR) is 74.8 cm³/mol. The molecule has 0 bridgehead atoms. The molecule has 3 heterocycles. The molecule has 2 aromatic rings. The lowest BCUT2D eigenvalue weighted by molar-refractivity contribution is -0.137. The van der Waals surface area contributed by atoms with Crippen molar-refractivity contribution in [2.45, 2.75) is 25.1 Å². The molecule has 118 valence electrons. The highest BCUT2D eigenvalue weighted by Crippen LogP contribution is 2.35. The minimum Gasteiger partial charge on any atom is -0.355 e. The molecule has 5 nitrogen and oxygen atoms in total. The summed E-state index contributed by atoms with van der Waals surface area (Å²) in [6.45, 7) is 1.31. The van der Waals surface area contributed by atoms with Gasteiger partial charge in [-0.3, -0.25) is 0 Å². The van der Waals surface area contributed by atoms with Crippen LogP contribution in [0.15, 0.2) is 24.9 Å². The highest BCUT2D eigenvalue weighted by molar-refractivity contribution is 6.33. The van der Waals surface area contributed by atoms with E-state index in [0.29, 0.717) is 18.9 Å². The maximum Gasteiger partial charge on any atom is 0.417 e. The third-order valence-electron chi connectivity index (χ3n) is 3.72. The van der Waals surface area contributed by atoms with Crippen LogP contribution in [-0.2, 0) is 6.18 Å². The van der Waals surface area contributed by atoms with Crippen LogP contribution in [0.2, 0.25) is 5.02 Å². The Kier molecular flexibility index (Phi) is 3.94. The average Bonchev–Trinajstić information content (AvgIpc) is 3.01. The van der Waals surface area contributed by atoms with Crippen molar-refractivity contribution < 1.29 is 13.2 Å². The molecule has 3 rings (SSSR count). The molecule has 1 fully saturated rings. The molecule has 0 N–H and O–H groups in total. The molecule has 0 atom stereocenters. The second-order valence-corrected chi connectivity index (χ2v) is 5.53. The van der Waals surface area contributed by atoms with Gasteiger partial charge in [-0.15, -0.1) is 0 Å². The quantitative estimate of drug-likeness (QED) is 0.848. The minimum atomic E-state index is -4.44. The van der Waals surface area contributed by atoms with Crippen LogP contribution in [0.5, 0.6) is 0 Å². The van der Waals surface area contributed by atoms with Crippen molar-refractivity contribution in [3.05, 3.63) is 35.5 Å². The number of piperidine rings is 1. The van der Waals surface area contributed by atoms with E-state index in [1.807, 2.05) is 4.90 Å². The Labute approximate surface area is 129 Å². The van der Waals surface area contributed by atoms with Crippen LogP contribution in [0.1, 0.15) is 24.4 Å². The number of rotatable bonds is 2. The Bertz CT molecular complexity index is 636. The topological polar surface area (TPSA) is 46.8 Å². The van der Waals surface area contributed by atoms with Crippen molar-refractivity contribution in [3.63, 3.8) is 0 Å². The second kappa shape index (κ2) is 5.75. The van der Waals surface area contributed by atoms with Crippen LogP contribution in [0.3, 0.4) is 0 Å². The normalized spacial score (nSPS) is 17.0. The van der Waals surface area contributed by atoms with Crippen LogP contribution < -0.4 is 4.90 Å². The van der Waals surface area contributed by atoms with Gasteiger partial charge in [0, 0.05) is 19.3 Å². The van der Waals surface area contributed by atoms with E-state index >= 15 is 0 Å². The minimum absolute atomic E-state index is 0.0223. The third-order valence-corrected chi connectivity index (χ3v) is 4.00. The fourth-order valence-electron chi connectivity index (χ4n) is 2.57. The number of hydrogen-bond donors (Lipinski definition) is 0. The number of halogens is 4. The van der Waals surface area contributed by atoms with Crippen LogP contribution in [0, 0.1) is 0 Å². The summed E-state index contributed by atoms with van der Waals surface area (Å²) in [6, 6.07) is 1.17. The molecule has 22 heavy (non-hydrogen) atoms. The van der Waals surface area contributed by atoms with Gasteiger partial charge >= 0.3 is 6.18 Å². The Morgan fingerprint density at radius 3 is 2.50 bits per heavy atom. The van der Waals surface area contributed by atoms with Gasteiger partial charge in [0.2, 0.25) is 0 Å². The SMILES string of the molecule is FC(F)(F)c1cnc(N2CCC(n3cncn3)CC2)c(Cl)c1. The van der Waals surface area contributed by atoms with E-state index in [1.54, 1.807) is 11.0 Å². The number of hydrogen-bond acceptors (Lipinski definition) is 4. The van der Waals surface area contributed by atoms with Crippen molar-refractivity contribution >= 4 is 17.4 Å². The summed E-state index contributed by atoms with van der Waals surface area (Å²) in [4.78, 5) is 9.71. The van der Waals surface area contributed by atoms with Gasteiger partial charge in [-0.25, -0.2) is 14.6 Å². The first kappa shape index (κ1) is 15.1. The first-order valence-electron chi connectivity index (χ1n) is 6.77. The highest BCUT2D eigenvalue weighted by atomic mass is 35.5. The van der Waals surface area contributed by atoms with Gasteiger partial charge in [-0.1, -0.05) is 11.6 Å². The number of alkyl halides is 3. The standard InChI is InChI=1S/C13H13ClF3N5/c14-11-5-9(13(15,16)17)6-19-12(11)21-3-1-10(2-4-21)22-8-18-7-20-22/h5-8,10H,1-4H2. The molecule has 0 amide bonds. The number of aromatic nitrogens is 4. The molecule has 1 aliphatic rings. The Morgan fingerprint density at radius 2 is 1.95 bits per heavy atom. The van der Waals surface area contributed by atoms with E-state index in [4.69, 9.17) is 11.6 Å². The van der Waals surface area contributed by atoms with Gasteiger partial charge in [-0.2, -0.15) is 18.3 Å². The lowest BCUT2D eigenvalue weighted by atomic mass is 10.1. The first-order chi connectivity index (χ1) is 10.4. The molecule has 9 heteroatoms. The van der Waals surface area contributed by atoms with Crippen LogP contribution in [0.25, 0.3) is 0 Å². The van der Waals surface area contributed by atoms with Crippen LogP contribution in [0.4, 0.5) is 19.0 Å². The summed E-state index contributed by atoms with van der Waals surface area (Å²) in [7, 11) is 0. The first-order valence-corrected chi connectivity index (χ1v) is 7.15. The van der Waals surface area contributed by atoms with E-state index < -0.39 is 11.7 Å². The number of pyridine rings is 1. The summed E-state index contributed by atoms with van der Waals surface area (Å²) < 4.78 is 39.7. The second-order valence-electron chi connectivity index (χ2n) is 5.12. The van der Waals surface area contributed by atoms with Crippen molar-refractivity contribution in [2.75, 3.05) is 18.0 Å². The summed E-state index contributed by atoms with van der Waals surface area (Å²) in [5, 5.41) is 4.14. The van der Waals surface area contributed by atoms with E-state index in [9.17, 15) is 13.2 Å². The molecular formula is C13H13ClF3N5. The summed E-state index contributed by atoms with van der Waals surface area (Å²) in [5.74, 6) is 0.395. The highest BCUT2D eigenvalue weighted by Gasteiger charge is 2.32. The van der Waals surface area contributed by atoms with Gasteiger partial charge in [0.1, 0.15) is 18.5 Å². The summed E-state index contributed by atoms with van der Waals surface area (Å²) in [5.41, 5.74) is -0.834. The fraction of sp³-hybridized carbons (Fsp3) is 0.462. The molecule has 2 aromatic heterocycles. The van der Waals surface area contributed by atoms with Gasteiger partial charge in [0.05, 0.1) is 16.6 Å². The maximum absolute atomic E-state index is 12.6. The Hall–Kier alpha value is -1.83. The van der Waals surface area contributed by atoms with Crippen LogP contribution in [-0.4, -0.2) is 32.8 Å². The van der Waals surface area contributed by atoms with Crippen molar-refractivity contribution in [2.24, 2.45) is 0 Å². The zero-order valence-corrected chi connectivity index (χ0v) is 12.2. The summed E-state index contributed by atoms with van der Waals surface area (Å²) in [6.07, 6.45) is 1.16. The molecular weight excluding hydrogens is 319 g/mol. The average molecular weight is 332 g/mol. The Balaban J connectivity index is 1.71. The molecule has 0 unspecified atom stereocenters. The van der Waals surface area contributed by atoms with Crippen LogP contribution >= 0.6 is 11.6 Å². The zero-order chi connectivity index (χ0) is 15.7. The largest absolute Gasteiger partial charge is 0.417 e. The van der Waals surface area contributed by atoms with Crippen molar-refractivity contribution in [1.29, 1.82) is 0 Å². The van der Waals surface area contributed by atoms with Crippen molar-refractivity contribution in [1.82, 2.24) is 19.7 Å². The van der Waals surface area contributed by atoms with Gasteiger partial charge < -0.3 is 4.90 Å². The lowest BCUT2D eigenvalue weighted by Crippen LogP contribution is -2.35. The molecule has 0 radical (unpaired) electrons. The fourth-order valence-corrected chi connectivity index (χ4v) is 2.85. The predicted octanol–water partition coefficient (Wildman–Crippen LogP) is 3.19. The zero-order valence-electron chi connectivity index (χ0n) is 11.5. The number of nitrogens with zero attached hydrogens (tertiary/aromatic N) is 5. The number of anilines is 1. The van der Waals surface area contributed by atoms with Gasteiger partial charge in [0.25, 0.3) is 0 Å². The lowest BCUT2D eigenvalue weighted by Gasteiger charge is -2.33. The van der Waals surface area contributed by atoms with E-state index in [-0.39, 0.29) is 11.1 Å². The maximum atomic E-state index is 12.6. The molecule has 1 aliphatic heterocycles. The Morgan fingerprint density at radius 1 is 1.23 bits per heavy atom. The molecule has 0 aromatic carbocycles. The van der Waals surface area contributed by atoms with E-state index in [0.717, 1.165) is 25.1 Å². The van der Waals surface area contributed by atoms with Gasteiger partial charge in [0.15, 0.2) is 0 Å². The van der Waals surface area contributed by atoms with E-state index in [1.165, 1.54) is 6.33 Å². The summed E-state index contributed by atoms with van der Waals surface area (Å²) >= 11 is 5.97. The van der Waals surface area contributed by atoms with Gasteiger partial charge in [-0.05, 0) is 18.9 Å². The molecule has 1 saturated heterocycles. The smallest absolute Gasteiger partial charge is 0.355 e. The monoisotopic (exact) mass is 331 g/mol. The molecule has 0 saturated carbocycles. The van der Waals surface area contributed by atoms with E-state index in [2.05, 4.69) is 15.1 Å². The molecule has 0 aliphatic carbocycles. The third kappa shape index (κ3) is 3.01.